The summed E-state index contributed by atoms with van der Waals surface area (Å²) < 4.78 is 11.2. The lowest BCUT2D eigenvalue weighted by Crippen LogP contribution is -2.35. The molecule has 5 aromatic rings. The lowest BCUT2D eigenvalue weighted by atomic mass is 10.00. The Morgan fingerprint density at radius 1 is 0.636 bits per heavy atom. The molecule has 6 N–H and O–H groups in total. The number of nitrogens with zero attached hydrogens (tertiary/aromatic N) is 2. The largest absolute Gasteiger partial charge is 0.508 e. The number of guanidine groups is 1. The number of rotatable bonds is 18. The van der Waals surface area contributed by atoms with Gasteiger partial charge in [0.2, 0.25) is 5.96 Å². The van der Waals surface area contributed by atoms with Crippen molar-refractivity contribution in [3.63, 3.8) is 0 Å². The zero-order valence-corrected chi connectivity index (χ0v) is 30.8. The number of hydrogen-bond acceptors (Lipinski definition) is 8. The van der Waals surface area contributed by atoms with Crippen LogP contribution in [0.2, 0.25) is 0 Å². The molecular weight excluding hydrogens is 695 g/mol. The van der Waals surface area contributed by atoms with Crippen molar-refractivity contribution in [2.45, 2.75) is 13.5 Å². The molecule has 55 heavy (non-hydrogen) atoms. The summed E-state index contributed by atoms with van der Waals surface area (Å²) in [6, 6.07) is 41.1. The Balaban J connectivity index is 1.04. The molecule has 0 saturated heterocycles. The number of nitrogens with one attached hydrogen (secondary N) is 5. The highest BCUT2D eigenvalue weighted by molar-refractivity contribution is 6.05. The molecule has 12 heteroatoms. The number of amides is 2. The number of hydrogen-bond donors (Lipinski definition) is 6. The number of aromatic hydroxyl groups is 1. The van der Waals surface area contributed by atoms with E-state index in [0.29, 0.717) is 69.0 Å². The van der Waals surface area contributed by atoms with Crippen LogP contribution in [0.25, 0.3) is 11.1 Å². The fourth-order valence-electron chi connectivity index (χ4n) is 5.33. The second-order valence-corrected chi connectivity index (χ2v) is 12.2. The molecule has 0 aliphatic rings. The van der Waals surface area contributed by atoms with E-state index in [1.165, 1.54) is 0 Å². The lowest BCUT2D eigenvalue weighted by molar-refractivity contribution is 0.0512. The van der Waals surface area contributed by atoms with Crippen molar-refractivity contribution in [3.05, 3.63) is 150 Å². The van der Waals surface area contributed by atoms with Gasteiger partial charge in [-0.1, -0.05) is 72.8 Å². The molecule has 2 amide bonds. The maximum Gasteiger partial charge on any atom is 0.251 e. The minimum absolute atomic E-state index is 0.129. The van der Waals surface area contributed by atoms with Crippen molar-refractivity contribution in [1.82, 2.24) is 16.0 Å². The summed E-state index contributed by atoms with van der Waals surface area (Å²) >= 11 is 0. The number of phenolic OH excluding ortho intramolecular Hbond substituents is 1. The van der Waals surface area contributed by atoms with Gasteiger partial charge in [0.05, 0.1) is 38.8 Å². The van der Waals surface area contributed by atoms with Gasteiger partial charge in [-0.2, -0.15) is 0 Å². The Bertz CT molecular complexity index is 1990. The van der Waals surface area contributed by atoms with E-state index in [4.69, 9.17) is 9.47 Å². The van der Waals surface area contributed by atoms with Gasteiger partial charge >= 0.3 is 0 Å². The van der Waals surface area contributed by atoms with E-state index in [-0.39, 0.29) is 24.2 Å². The smallest absolute Gasteiger partial charge is 0.251 e. The van der Waals surface area contributed by atoms with Gasteiger partial charge in [-0.3, -0.25) is 14.6 Å². The summed E-state index contributed by atoms with van der Waals surface area (Å²) in [5, 5.41) is 25.2. The number of carbonyl (C=O) groups excluding carboxylic acids is 2. The summed E-state index contributed by atoms with van der Waals surface area (Å²) in [6.07, 6.45) is 0. The fourth-order valence-corrected chi connectivity index (χ4v) is 5.33. The van der Waals surface area contributed by atoms with Crippen molar-refractivity contribution in [1.29, 1.82) is 0 Å². The number of amidine groups is 1. The van der Waals surface area contributed by atoms with Crippen LogP contribution < -0.4 is 26.6 Å². The molecule has 0 aliphatic heterocycles. The van der Waals surface area contributed by atoms with E-state index >= 15 is 0 Å². The zero-order chi connectivity index (χ0) is 38.5. The number of anilines is 2. The predicted molar refractivity (Wildman–Crippen MR) is 219 cm³/mol. The maximum atomic E-state index is 13.0. The van der Waals surface area contributed by atoms with Gasteiger partial charge in [-0.25, -0.2) is 4.99 Å². The Morgan fingerprint density at radius 3 is 2.00 bits per heavy atom. The van der Waals surface area contributed by atoms with Crippen LogP contribution in [0.4, 0.5) is 11.4 Å². The molecule has 0 atom stereocenters. The van der Waals surface area contributed by atoms with Crippen LogP contribution in [0, 0.1) is 0 Å². The average Bonchev–Trinajstić information content (AvgIpc) is 3.22. The standard InChI is InChI=1S/C43H47N7O5/c1-32(44-24-26-54-28-29-55-27-25-45-41(52)34-12-6-3-7-13-34)49-43(50-38-20-22-39(51)23-21-38)48-31-47-37-18-16-35(17-19-37)42(53)46-30-36-14-8-9-15-40(36)33-10-4-2-5-11-33/h2-23,47,51H,24-31H2,1H3,(H,45,52)(H,46,53)(H2,44,48,49,50). The van der Waals surface area contributed by atoms with Gasteiger partial charge in [0.25, 0.3) is 11.8 Å². The van der Waals surface area contributed by atoms with Crippen LogP contribution in [0.1, 0.15) is 33.2 Å². The molecule has 5 aromatic carbocycles. The van der Waals surface area contributed by atoms with E-state index in [2.05, 4.69) is 54.8 Å². The van der Waals surface area contributed by atoms with Gasteiger partial charge in [0, 0.05) is 35.6 Å². The molecule has 0 bridgehead atoms. The molecule has 0 aliphatic carbocycles. The number of phenols is 1. The SMILES string of the molecule is CC(=NCCOCCOCCNC(=O)c1ccccc1)N/C(=N\CNc1ccc(C(=O)NCc2ccccc2-c2ccccc2)cc1)Nc1ccc(O)cc1. The second-order valence-electron chi connectivity index (χ2n) is 12.2. The van der Waals surface area contributed by atoms with Crippen LogP contribution in [-0.2, 0) is 16.0 Å². The van der Waals surface area contributed by atoms with E-state index in [1.807, 2.05) is 73.7 Å². The molecule has 5 rings (SSSR count). The van der Waals surface area contributed by atoms with Gasteiger partial charge in [-0.15, -0.1) is 0 Å². The Labute approximate surface area is 321 Å². The molecule has 12 nitrogen and oxygen atoms in total. The van der Waals surface area contributed by atoms with Gasteiger partial charge in [0.1, 0.15) is 12.4 Å². The first-order valence-corrected chi connectivity index (χ1v) is 18.1. The minimum atomic E-state index is -0.160. The van der Waals surface area contributed by atoms with Crippen LogP contribution in [0.5, 0.6) is 5.75 Å². The average molecular weight is 742 g/mol. The van der Waals surface area contributed by atoms with Gasteiger partial charge < -0.3 is 41.2 Å². The number of ether oxygens (including phenoxy) is 2. The van der Waals surface area contributed by atoms with Gasteiger partial charge in [-0.05, 0) is 84.3 Å². The van der Waals surface area contributed by atoms with Crippen molar-refractivity contribution in [2.75, 3.05) is 56.8 Å². The molecule has 0 spiro atoms. The number of carbonyl (C=O) groups is 2. The van der Waals surface area contributed by atoms with Crippen LogP contribution in [0.15, 0.2) is 143 Å². The highest BCUT2D eigenvalue weighted by Crippen LogP contribution is 2.23. The predicted octanol–water partition coefficient (Wildman–Crippen LogP) is 6.30. The van der Waals surface area contributed by atoms with Gasteiger partial charge in [0.15, 0.2) is 0 Å². The molecule has 0 aromatic heterocycles. The highest BCUT2D eigenvalue weighted by Gasteiger charge is 2.09. The third kappa shape index (κ3) is 13.8. The normalized spacial score (nSPS) is 11.4. The summed E-state index contributed by atoms with van der Waals surface area (Å²) in [5.41, 5.74) is 5.92. The number of benzene rings is 5. The Morgan fingerprint density at radius 2 is 1.25 bits per heavy atom. The molecule has 0 heterocycles. The molecule has 0 unspecified atom stereocenters. The van der Waals surface area contributed by atoms with E-state index in [9.17, 15) is 14.7 Å². The zero-order valence-electron chi connectivity index (χ0n) is 30.8. The first-order valence-electron chi connectivity index (χ1n) is 18.1. The highest BCUT2D eigenvalue weighted by atomic mass is 16.5. The monoisotopic (exact) mass is 741 g/mol. The third-order valence-electron chi connectivity index (χ3n) is 8.16. The quantitative estimate of drug-likeness (QED) is 0.0265. The first kappa shape index (κ1) is 39.7. The third-order valence-corrected chi connectivity index (χ3v) is 8.16. The van der Waals surface area contributed by atoms with E-state index in [1.54, 1.807) is 48.5 Å². The maximum absolute atomic E-state index is 13.0. The van der Waals surface area contributed by atoms with Crippen molar-refractivity contribution >= 4 is 35.0 Å². The van der Waals surface area contributed by atoms with Crippen molar-refractivity contribution in [2.24, 2.45) is 9.98 Å². The molecule has 0 fully saturated rings. The molecule has 0 saturated carbocycles. The topological polar surface area (TPSA) is 158 Å². The summed E-state index contributed by atoms with van der Waals surface area (Å²) in [4.78, 5) is 34.2. The molecular formula is C43H47N7O5. The van der Waals surface area contributed by atoms with Crippen molar-refractivity contribution < 1.29 is 24.2 Å². The molecule has 0 radical (unpaired) electrons. The number of aliphatic imine (C=N–C) groups is 2. The lowest BCUT2D eigenvalue weighted by Gasteiger charge is -2.14. The minimum Gasteiger partial charge on any atom is -0.508 e. The fraction of sp³-hybridized carbons (Fsp3) is 0.209. The van der Waals surface area contributed by atoms with E-state index in [0.717, 1.165) is 28.1 Å². The van der Waals surface area contributed by atoms with Crippen LogP contribution in [-0.4, -0.2) is 74.9 Å². The van der Waals surface area contributed by atoms with Crippen molar-refractivity contribution in [3.8, 4) is 16.9 Å². The first-order chi connectivity index (χ1) is 26.9. The van der Waals surface area contributed by atoms with Crippen LogP contribution >= 0.6 is 0 Å². The second kappa shape index (κ2) is 21.9. The summed E-state index contributed by atoms with van der Waals surface area (Å²) in [5.74, 6) is 0.939. The van der Waals surface area contributed by atoms with Crippen LogP contribution in [0.3, 0.4) is 0 Å². The summed E-state index contributed by atoms with van der Waals surface area (Å²) in [6.45, 7) is 4.91. The Hall–Kier alpha value is -6.50. The Kier molecular flexibility index (Phi) is 15.8. The van der Waals surface area contributed by atoms with E-state index < -0.39 is 0 Å². The summed E-state index contributed by atoms with van der Waals surface area (Å²) in [7, 11) is 0. The molecule has 284 valence electrons.